The molecule has 0 bridgehead atoms. The van der Waals surface area contributed by atoms with Gasteiger partial charge in [-0.25, -0.2) is 0 Å². The summed E-state index contributed by atoms with van der Waals surface area (Å²) in [5, 5.41) is 10.1. The second-order valence-electron chi connectivity index (χ2n) is 6.30. The first-order valence-electron chi connectivity index (χ1n) is 8.23. The summed E-state index contributed by atoms with van der Waals surface area (Å²) in [5.74, 6) is 1.17. The van der Waals surface area contributed by atoms with Crippen LogP contribution in [0.15, 0.2) is 6.07 Å². The number of nitrogens with one attached hydrogen (secondary N) is 2. The van der Waals surface area contributed by atoms with Crippen molar-refractivity contribution in [2.75, 3.05) is 5.32 Å². The highest BCUT2D eigenvalue weighted by Crippen LogP contribution is 2.31. The number of nitrogens with zero attached hydrogens (tertiary/aromatic N) is 1. The molecule has 1 aromatic heterocycles. The number of rotatable bonds is 5. The van der Waals surface area contributed by atoms with Crippen LogP contribution in [0.25, 0.3) is 0 Å². The third kappa shape index (κ3) is 4.30. The Bertz CT molecular complexity index is 449. The molecule has 0 radical (unpaired) electrons. The zero-order chi connectivity index (χ0) is 15.2. The summed E-state index contributed by atoms with van der Waals surface area (Å²) in [6, 6.07) is 1.49. The van der Waals surface area contributed by atoms with Gasteiger partial charge in [0.1, 0.15) is 0 Å². The van der Waals surface area contributed by atoms with E-state index in [1.54, 1.807) is 0 Å². The smallest absolute Gasteiger partial charge is 0.242 e. The van der Waals surface area contributed by atoms with Gasteiger partial charge in [0.15, 0.2) is 5.82 Å². The third-order valence-electron chi connectivity index (χ3n) is 4.70. The number of carbonyl (C=O) groups excluding carboxylic acids is 1. The Hall–Kier alpha value is -1.36. The molecule has 0 saturated heterocycles. The van der Waals surface area contributed by atoms with Crippen LogP contribution in [0.2, 0.25) is 0 Å². The maximum absolute atomic E-state index is 12.1. The van der Waals surface area contributed by atoms with Gasteiger partial charge in [-0.2, -0.15) is 5.10 Å². The first-order valence-corrected chi connectivity index (χ1v) is 8.23. The van der Waals surface area contributed by atoms with Gasteiger partial charge in [-0.1, -0.05) is 46.0 Å². The van der Waals surface area contributed by atoms with Gasteiger partial charge < -0.3 is 11.1 Å². The predicted molar refractivity (Wildman–Crippen MR) is 85.1 cm³/mol. The topological polar surface area (TPSA) is 83.8 Å². The fraction of sp³-hybridized carbons (Fsp3) is 0.750. The van der Waals surface area contributed by atoms with E-state index in [2.05, 4.69) is 15.5 Å². The Balaban J connectivity index is 1.94. The molecule has 1 aliphatic carbocycles. The van der Waals surface area contributed by atoms with Crippen molar-refractivity contribution >= 4 is 11.7 Å². The van der Waals surface area contributed by atoms with Crippen molar-refractivity contribution in [3.8, 4) is 0 Å². The van der Waals surface area contributed by atoms with Gasteiger partial charge in [0.25, 0.3) is 0 Å². The summed E-state index contributed by atoms with van der Waals surface area (Å²) < 4.78 is 0. The van der Waals surface area contributed by atoms with Crippen LogP contribution in [0.4, 0.5) is 5.82 Å². The molecular formula is C16H28N4O. The van der Waals surface area contributed by atoms with Gasteiger partial charge in [-0.15, -0.1) is 0 Å². The summed E-state index contributed by atoms with van der Waals surface area (Å²) in [6.07, 6.45) is 8.54. The molecule has 1 aromatic rings. The van der Waals surface area contributed by atoms with E-state index in [1.807, 2.05) is 19.9 Å². The van der Waals surface area contributed by atoms with E-state index in [9.17, 15) is 4.79 Å². The summed E-state index contributed by atoms with van der Waals surface area (Å²) in [5.41, 5.74) is 7.08. The van der Waals surface area contributed by atoms with Crippen LogP contribution in [0.3, 0.4) is 0 Å². The first kappa shape index (κ1) is 16.0. The Kier molecular flexibility index (Phi) is 5.79. The Morgan fingerprint density at radius 2 is 2.10 bits per heavy atom. The minimum atomic E-state index is -0.479. The lowest BCUT2D eigenvalue weighted by Gasteiger charge is -2.16. The van der Waals surface area contributed by atoms with E-state index < -0.39 is 6.04 Å². The second kappa shape index (κ2) is 7.59. The van der Waals surface area contributed by atoms with Gasteiger partial charge in [-0.05, 0) is 18.8 Å². The maximum atomic E-state index is 12.1. The van der Waals surface area contributed by atoms with Crippen LogP contribution in [-0.4, -0.2) is 22.1 Å². The van der Waals surface area contributed by atoms with Gasteiger partial charge in [0, 0.05) is 17.7 Å². The number of aromatic amines is 1. The van der Waals surface area contributed by atoms with Crippen LogP contribution >= 0.6 is 0 Å². The van der Waals surface area contributed by atoms with E-state index in [0.717, 1.165) is 12.1 Å². The molecular weight excluding hydrogens is 264 g/mol. The highest BCUT2D eigenvalue weighted by atomic mass is 16.2. The highest BCUT2D eigenvalue weighted by Gasteiger charge is 2.21. The van der Waals surface area contributed by atoms with Crippen LogP contribution in [-0.2, 0) is 4.79 Å². The van der Waals surface area contributed by atoms with Crippen LogP contribution in [0.5, 0.6) is 0 Å². The lowest BCUT2D eigenvalue weighted by Crippen LogP contribution is -2.40. The van der Waals surface area contributed by atoms with Crippen LogP contribution < -0.4 is 11.1 Å². The number of H-pyrrole nitrogens is 1. The van der Waals surface area contributed by atoms with E-state index >= 15 is 0 Å². The molecule has 5 heteroatoms. The number of aromatic nitrogens is 2. The average Bonchev–Trinajstić information content (AvgIpc) is 2.78. The molecule has 2 unspecified atom stereocenters. The first-order chi connectivity index (χ1) is 10.1. The molecule has 0 aliphatic heterocycles. The Morgan fingerprint density at radius 1 is 1.43 bits per heavy atom. The predicted octanol–water partition coefficient (Wildman–Crippen LogP) is 3.16. The number of nitrogens with two attached hydrogens (primary N) is 1. The molecule has 1 aliphatic rings. The van der Waals surface area contributed by atoms with Gasteiger partial charge in [0.05, 0.1) is 6.04 Å². The molecule has 0 spiro atoms. The average molecular weight is 292 g/mol. The van der Waals surface area contributed by atoms with Crippen molar-refractivity contribution in [1.82, 2.24) is 10.2 Å². The molecule has 4 N–H and O–H groups in total. The van der Waals surface area contributed by atoms with Crippen molar-refractivity contribution in [3.05, 3.63) is 11.8 Å². The van der Waals surface area contributed by atoms with Gasteiger partial charge in [0.2, 0.25) is 5.91 Å². The lowest BCUT2D eigenvalue weighted by molar-refractivity contribution is -0.118. The van der Waals surface area contributed by atoms with Crippen molar-refractivity contribution in [2.45, 2.75) is 70.8 Å². The normalized spacial score (nSPS) is 19.8. The van der Waals surface area contributed by atoms with E-state index in [4.69, 9.17) is 5.73 Å². The molecule has 2 atom stereocenters. The molecule has 1 heterocycles. The van der Waals surface area contributed by atoms with Crippen LogP contribution in [0.1, 0.15) is 70.4 Å². The molecule has 1 saturated carbocycles. The molecule has 1 amide bonds. The van der Waals surface area contributed by atoms with Crippen LogP contribution in [0, 0.1) is 5.92 Å². The summed E-state index contributed by atoms with van der Waals surface area (Å²) in [7, 11) is 0. The fourth-order valence-corrected chi connectivity index (χ4v) is 2.92. The number of carbonyl (C=O) groups is 1. The van der Waals surface area contributed by atoms with Gasteiger partial charge in [-0.3, -0.25) is 9.89 Å². The van der Waals surface area contributed by atoms with E-state index in [-0.39, 0.29) is 11.8 Å². The fourth-order valence-electron chi connectivity index (χ4n) is 2.92. The van der Waals surface area contributed by atoms with Crippen molar-refractivity contribution < 1.29 is 4.79 Å². The largest absolute Gasteiger partial charge is 0.320 e. The van der Waals surface area contributed by atoms with E-state index in [1.165, 1.54) is 38.5 Å². The molecule has 21 heavy (non-hydrogen) atoms. The summed E-state index contributed by atoms with van der Waals surface area (Å²) >= 11 is 0. The second-order valence-corrected chi connectivity index (χ2v) is 6.30. The van der Waals surface area contributed by atoms with Crippen molar-refractivity contribution in [2.24, 2.45) is 11.7 Å². The molecule has 118 valence electrons. The highest BCUT2D eigenvalue weighted by molar-refractivity contribution is 5.94. The summed E-state index contributed by atoms with van der Waals surface area (Å²) in [4.78, 5) is 12.1. The number of amides is 1. The zero-order valence-electron chi connectivity index (χ0n) is 13.2. The minimum absolute atomic E-state index is 0.150. The monoisotopic (exact) mass is 292 g/mol. The van der Waals surface area contributed by atoms with Gasteiger partial charge >= 0.3 is 0 Å². The Morgan fingerprint density at radius 3 is 2.71 bits per heavy atom. The molecule has 0 aromatic carbocycles. The molecule has 2 rings (SSSR count). The maximum Gasteiger partial charge on any atom is 0.242 e. The summed E-state index contributed by atoms with van der Waals surface area (Å²) in [6.45, 7) is 4.03. The third-order valence-corrected chi connectivity index (χ3v) is 4.70. The number of hydrogen-bond acceptors (Lipinski definition) is 3. The minimum Gasteiger partial charge on any atom is -0.320 e. The number of anilines is 1. The SMILES string of the molecule is CCC(C)C(N)C(=O)Nc1cc(C2CCCCCC2)[nH]n1. The quantitative estimate of drug-likeness (QED) is 0.729. The molecule has 5 nitrogen and oxygen atoms in total. The number of hydrogen-bond donors (Lipinski definition) is 3. The Labute approximate surface area is 127 Å². The van der Waals surface area contributed by atoms with E-state index in [0.29, 0.717) is 11.7 Å². The van der Waals surface area contributed by atoms with Crippen molar-refractivity contribution in [1.29, 1.82) is 0 Å². The van der Waals surface area contributed by atoms with Crippen molar-refractivity contribution in [3.63, 3.8) is 0 Å². The zero-order valence-corrected chi connectivity index (χ0v) is 13.2. The standard InChI is InChI=1S/C16H28N4O/c1-3-11(2)15(17)16(21)18-14-10-13(19-20-14)12-8-6-4-5-7-9-12/h10-12,15H,3-9,17H2,1-2H3,(H2,18,19,20,21). The molecule has 1 fully saturated rings. The lowest BCUT2D eigenvalue weighted by atomic mass is 9.97.